The van der Waals surface area contributed by atoms with Crippen LogP contribution in [0.5, 0.6) is 11.5 Å². The van der Waals surface area contributed by atoms with E-state index >= 15 is 0 Å². The Bertz CT molecular complexity index is 1040. The molecule has 0 fully saturated rings. The zero-order valence-electron chi connectivity index (χ0n) is 25.4. The number of rotatable bonds is 14. The van der Waals surface area contributed by atoms with Gasteiger partial charge in [-0.05, 0) is 56.7 Å². The fraction of sp³-hybridized carbons (Fsp3) is 0.655. The molecule has 1 aromatic carbocycles. The molecule has 2 unspecified atom stereocenters. The van der Waals surface area contributed by atoms with E-state index < -0.39 is 54.2 Å². The Hall–Kier alpha value is -3.54. The van der Waals surface area contributed by atoms with Crippen LogP contribution in [0, 0.1) is 17.8 Å². The van der Waals surface area contributed by atoms with Gasteiger partial charge in [0, 0.05) is 12.3 Å². The fourth-order valence-electron chi connectivity index (χ4n) is 3.29. The summed E-state index contributed by atoms with van der Waals surface area (Å²) in [4.78, 5) is 49.2. The molecule has 12 nitrogen and oxygen atoms in total. The second kappa shape index (κ2) is 16.0. The average Bonchev–Trinajstić information content (AvgIpc) is 2.87. The molecule has 0 aromatic heterocycles. The summed E-state index contributed by atoms with van der Waals surface area (Å²) in [6, 6.07) is 4.13. The molecule has 232 valence electrons. The molecule has 0 bridgehead atoms. The zero-order chi connectivity index (χ0) is 31.5. The Morgan fingerprint density at radius 2 is 1.27 bits per heavy atom. The van der Waals surface area contributed by atoms with Gasteiger partial charge in [0.15, 0.2) is 11.5 Å². The molecule has 5 atom stereocenters. The predicted octanol–water partition coefficient (Wildman–Crippen LogP) is 5.72. The van der Waals surface area contributed by atoms with Crippen molar-refractivity contribution in [1.29, 1.82) is 0 Å². The van der Waals surface area contributed by atoms with E-state index in [0.717, 1.165) is 0 Å². The highest BCUT2D eigenvalue weighted by atomic mass is 16.8. The number of nitrogens with two attached hydrogens (primary N) is 1. The van der Waals surface area contributed by atoms with Gasteiger partial charge in [-0.15, -0.1) is 0 Å². The van der Waals surface area contributed by atoms with Crippen molar-refractivity contribution in [2.75, 3.05) is 6.61 Å². The molecule has 0 radical (unpaired) electrons. The minimum atomic E-state index is -1.91. The first kappa shape index (κ1) is 35.5. The molecule has 1 aromatic rings. The maximum Gasteiger partial charge on any atom is 0.514 e. The Balaban J connectivity index is 3.31. The summed E-state index contributed by atoms with van der Waals surface area (Å²) >= 11 is 0. The van der Waals surface area contributed by atoms with Crippen LogP contribution in [-0.2, 0) is 30.2 Å². The number of carboxylic acid groups (broad SMARTS) is 1. The Kier molecular flexibility index (Phi) is 13.9. The minimum absolute atomic E-state index is 0.00970. The molecule has 0 amide bonds. The highest BCUT2D eigenvalue weighted by Gasteiger charge is 2.44. The van der Waals surface area contributed by atoms with Crippen LogP contribution < -0.4 is 15.2 Å². The number of aliphatic carboxylic acids is 1. The van der Waals surface area contributed by atoms with Crippen LogP contribution in [0.3, 0.4) is 0 Å². The molecule has 0 spiro atoms. The first-order chi connectivity index (χ1) is 19.0. The highest BCUT2D eigenvalue weighted by molar-refractivity contribution is 5.80. The summed E-state index contributed by atoms with van der Waals surface area (Å²) in [7, 11) is 0. The van der Waals surface area contributed by atoms with Crippen LogP contribution in [0.4, 0.5) is 14.4 Å². The Morgan fingerprint density at radius 3 is 1.73 bits per heavy atom. The first-order valence-corrected chi connectivity index (χ1v) is 13.8. The van der Waals surface area contributed by atoms with Crippen molar-refractivity contribution < 1.29 is 52.7 Å². The monoisotopic (exact) mass is 583 g/mol. The highest BCUT2D eigenvalue weighted by Crippen LogP contribution is 2.33. The third-order valence-corrected chi connectivity index (χ3v) is 6.95. The standard InChI is InChI=1S/C29H45NO11/c1-10-13-36-26(33)39-21(9)18(6)29(30,25(31)32)15-22-11-12-23(40-27(34)37-19(7)16(2)3)24(14-22)41-28(35)38-20(8)17(4)5/h11-12,14,16-21H,10,13,15,30H2,1-9H3,(H,31,32)/t18-,19?,20?,21+,29-/m1/s1. The van der Waals surface area contributed by atoms with Crippen molar-refractivity contribution >= 4 is 24.4 Å². The van der Waals surface area contributed by atoms with Crippen LogP contribution in [0.2, 0.25) is 0 Å². The third kappa shape index (κ3) is 11.1. The summed E-state index contributed by atoms with van der Waals surface area (Å²) in [5.74, 6) is -2.53. The quantitative estimate of drug-likeness (QED) is 0.155. The van der Waals surface area contributed by atoms with Gasteiger partial charge in [0.2, 0.25) is 0 Å². The van der Waals surface area contributed by atoms with Crippen LogP contribution in [-0.4, -0.2) is 60.0 Å². The Labute approximate surface area is 241 Å². The van der Waals surface area contributed by atoms with Crippen molar-refractivity contribution in [1.82, 2.24) is 0 Å². The van der Waals surface area contributed by atoms with Gasteiger partial charge in [0.05, 0.1) is 6.61 Å². The van der Waals surface area contributed by atoms with Gasteiger partial charge in [0.1, 0.15) is 23.9 Å². The summed E-state index contributed by atoms with van der Waals surface area (Å²) in [6.07, 6.45) is -4.48. The zero-order valence-corrected chi connectivity index (χ0v) is 25.4. The second-order valence-corrected chi connectivity index (χ2v) is 10.9. The van der Waals surface area contributed by atoms with E-state index in [4.69, 9.17) is 34.2 Å². The SMILES string of the molecule is CCCOC(=O)O[C@@H](C)[C@@H](C)[C@](N)(Cc1ccc(OC(=O)OC(C)C(C)C)c(OC(=O)OC(C)C(C)C)c1)C(=O)O. The lowest BCUT2D eigenvalue weighted by molar-refractivity contribution is -0.147. The van der Waals surface area contributed by atoms with E-state index in [1.54, 1.807) is 13.8 Å². The lowest BCUT2D eigenvalue weighted by atomic mass is 9.78. The smallest absolute Gasteiger partial charge is 0.480 e. The maximum atomic E-state index is 12.5. The largest absolute Gasteiger partial charge is 0.514 e. The maximum absolute atomic E-state index is 12.5. The number of carboxylic acids is 1. The third-order valence-electron chi connectivity index (χ3n) is 6.95. The molecule has 12 heteroatoms. The van der Waals surface area contributed by atoms with E-state index in [1.165, 1.54) is 32.0 Å². The van der Waals surface area contributed by atoms with Gasteiger partial charge in [-0.3, -0.25) is 4.79 Å². The topological polar surface area (TPSA) is 170 Å². The van der Waals surface area contributed by atoms with Crippen LogP contribution >= 0.6 is 0 Å². The number of benzene rings is 1. The van der Waals surface area contributed by atoms with Crippen LogP contribution in [0.25, 0.3) is 0 Å². The van der Waals surface area contributed by atoms with Gasteiger partial charge in [-0.25, -0.2) is 14.4 Å². The molecule has 0 aliphatic carbocycles. The molecule has 3 N–H and O–H groups in total. The number of ether oxygens (including phenoxy) is 6. The molecule has 1 rings (SSSR count). The van der Waals surface area contributed by atoms with Gasteiger partial charge in [0.25, 0.3) is 0 Å². The second-order valence-electron chi connectivity index (χ2n) is 10.9. The van der Waals surface area contributed by atoms with Crippen molar-refractivity contribution in [3.8, 4) is 11.5 Å². The summed E-state index contributed by atoms with van der Waals surface area (Å²) in [5, 5.41) is 10.1. The van der Waals surface area contributed by atoms with E-state index in [0.29, 0.717) is 12.0 Å². The van der Waals surface area contributed by atoms with Gasteiger partial charge in [-0.1, -0.05) is 47.6 Å². The van der Waals surface area contributed by atoms with E-state index in [1.807, 2.05) is 34.6 Å². The van der Waals surface area contributed by atoms with Crippen LogP contribution in [0.1, 0.15) is 74.3 Å². The lowest BCUT2D eigenvalue weighted by Gasteiger charge is -2.34. The molecular weight excluding hydrogens is 538 g/mol. The summed E-state index contributed by atoms with van der Waals surface area (Å²) in [5.41, 5.74) is 4.79. The summed E-state index contributed by atoms with van der Waals surface area (Å²) in [6.45, 7) is 15.9. The van der Waals surface area contributed by atoms with Crippen molar-refractivity contribution in [2.24, 2.45) is 23.5 Å². The van der Waals surface area contributed by atoms with Crippen molar-refractivity contribution in [3.05, 3.63) is 23.8 Å². The van der Waals surface area contributed by atoms with Gasteiger partial charge < -0.3 is 39.3 Å². The molecule has 0 saturated heterocycles. The first-order valence-electron chi connectivity index (χ1n) is 13.8. The molecule has 0 saturated carbocycles. The molecule has 0 heterocycles. The van der Waals surface area contributed by atoms with E-state index in [9.17, 15) is 24.3 Å². The van der Waals surface area contributed by atoms with Gasteiger partial charge >= 0.3 is 24.4 Å². The number of carbonyl (C=O) groups excluding carboxylic acids is 3. The Morgan fingerprint density at radius 1 is 0.780 bits per heavy atom. The van der Waals surface area contributed by atoms with Crippen molar-refractivity contribution in [3.63, 3.8) is 0 Å². The van der Waals surface area contributed by atoms with Gasteiger partial charge in [-0.2, -0.15) is 0 Å². The molecular formula is C29H45NO11. The normalized spacial score (nSPS) is 15.6. The van der Waals surface area contributed by atoms with Crippen LogP contribution in [0.15, 0.2) is 18.2 Å². The number of carbonyl (C=O) groups is 4. The molecule has 0 aliphatic rings. The molecule has 41 heavy (non-hydrogen) atoms. The van der Waals surface area contributed by atoms with E-state index in [-0.39, 0.29) is 36.4 Å². The fourth-order valence-corrected chi connectivity index (χ4v) is 3.29. The summed E-state index contributed by atoms with van der Waals surface area (Å²) < 4.78 is 31.3. The minimum Gasteiger partial charge on any atom is -0.480 e. The average molecular weight is 584 g/mol. The van der Waals surface area contributed by atoms with E-state index in [2.05, 4.69) is 0 Å². The van der Waals surface area contributed by atoms with Crippen molar-refractivity contribution in [2.45, 2.75) is 99.0 Å². The number of hydrogen-bond donors (Lipinski definition) is 2. The lowest BCUT2D eigenvalue weighted by Crippen LogP contribution is -2.58. The number of hydrogen-bond acceptors (Lipinski definition) is 11. The molecule has 0 aliphatic heterocycles. The predicted molar refractivity (Wildman–Crippen MR) is 149 cm³/mol.